The van der Waals surface area contributed by atoms with E-state index in [9.17, 15) is 4.79 Å². The predicted octanol–water partition coefficient (Wildman–Crippen LogP) is 2.81. The highest BCUT2D eigenvalue weighted by Gasteiger charge is 2.09. The van der Waals surface area contributed by atoms with Crippen LogP contribution in [0.2, 0.25) is 0 Å². The van der Waals surface area contributed by atoms with Crippen molar-refractivity contribution in [3.63, 3.8) is 0 Å². The maximum atomic E-state index is 11.7. The lowest BCUT2D eigenvalue weighted by molar-refractivity contribution is -0.112. The summed E-state index contributed by atoms with van der Waals surface area (Å²) in [5, 5.41) is 4.84. The standard InChI is InChI=1S/C12H11NOS/c14-12(10-5-4-8-15-9-10)13-11-6-2-1-3-7-11/h1-8H,9H2,(H,13,14). The van der Waals surface area contributed by atoms with Gasteiger partial charge in [-0.05, 0) is 17.5 Å². The monoisotopic (exact) mass is 217 g/mol. The lowest BCUT2D eigenvalue weighted by atomic mass is 10.2. The molecule has 0 unspecified atom stereocenters. The van der Waals surface area contributed by atoms with Crippen LogP contribution in [-0.2, 0) is 4.79 Å². The smallest absolute Gasteiger partial charge is 0.252 e. The van der Waals surface area contributed by atoms with Gasteiger partial charge in [0.2, 0.25) is 0 Å². The van der Waals surface area contributed by atoms with Crippen LogP contribution in [0.15, 0.2) is 53.5 Å². The van der Waals surface area contributed by atoms with Crippen LogP contribution in [0.4, 0.5) is 5.69 Å². The molecule has 0 fully saturated rings. The van der Waals surface area contributed by atoms with Gasteiger partial charge in [0.1, 0.15) is 0 Å². The number of benzene rings is 1. The highest BCUT2D eigenvalue weighted by atomic mass is 32.2. The Hall–Kier alpha value is -1.48. The van der Waals surface area contributed by atoms with Crippen LogP contribution in [0.5, 0.6) is 0 Å². The average Bonchev–Trinajstić information content (AvgIpc) is 2.31. The number of carbonyl (C=O) groups is 1. The second-order valence-corrected chi connectivity index (χ2v) is 4.05. The number of rotatable bonds is 2. The number of hydrogen-bond acceptors (Lipinski definition) is 2. The highest BCUT2D eigenvalue weighted by molar-refractivity contribution is 8.02. The third-order valence-electron chi connectivity index (χ3n) is 2.03. The minimum absolute atomic E-state index is 0.0157. The third kappa shape index (κ3) is 2.73. The molecular formula is C12H11NOS. The maximum Gasteiger partial charge on any atom is 0.252 e. The topological polar surface area (TPSA) is 29.1 Å². The normalized spacial score (nSPS) is 14.5. The molecular weight excluding hydrogens is 206 g/mol. The molecule has 1 N–H and O–H groups in total. The minimum atomic E-state index is -0.0157. The van der Waals surface area contributed by atoms with E-state index < -0.39 is 0 Å². The molecule has 1 aromatic carbocycles. The number of allylic oxidation sites excluding steroid dienone is 2. The summed E-state index contributed by atoms with van der Waals surface area (Å²) in [5.41, 5.74) is 1.65. The van der Waals surface area contributed by atoms with Gasteiger partial charge in [-0.1, -0.05) is 30.4 Å². The summed E-state index contributed by atoms with van der Waals surface area (Å²) in [6.07, 6.45) is 3.75. The van der Waals surface area contributed by atoms with Crippen LogP contribution < -0.4 is 5.32 Å². The van der Waals surface area contributed by atoms with Gasteiger partial charge in [-0.3, -0.25) is 4.79 Å². The number of amides is 1. The summed E-state index contributed by atoms with van der Waals surface area (Å²) in [6.45, 7) is 0. The molecule has 0 saturated carbocycles. The zero-order chi connectivity index (χ0) is 10.5. The van der Waals surface area contributed by atoms with E-state index in [4.69, 9.17) is 0 Å². The Morgan fingerprint density at radius 2 is 2.07 bits per heavy atom. The number of anilines is 1. The van der Waals surface area contributed by atoms with Gasteiger partial charge in [-0.2, -0.15) is 0 Å². The fourth-order valence-electron chi connectivity index (χ4n) is 1.27. The van der Waals surface area contributed by atoms with Gasteiger partial charge in [-0.25, -0.2) is 0 Å². The van der Waals surface area contributed by atoms with Crippen molar-refractivity contribution in [2.24, 2.45) is 0 Å². The van der Waals surface area contributed by atoms with Gasteiger partial charge in [0.05, 0.1) is 0 Å². The lowest BCUT2D eigenvalue weighted by Crippen LogP contribution is -2.16. The molecule has 0 radical (unpaired) electrons. The van der Waals surface area contributed by atoms with E-state index in [1.54, 1.807) is 11.8 Å². The molecule has 0 aliphatic carbocycles. The van der Waals surface area contributed by atoms with Crippen molar-refractivity contribution in [1.29, 1.82) is 0 Å². The van der Waals surface area contributed by atoms with E-state index in [0.717, 1.165) is 17.0 Å². The van der Waals surface area contributed by atoms with E-state index in [2.05, 4.69) is 5.32 Å². The summed E-state index contributed by atoms with van der Waals surface area (Å²) in [4.78, 5) is 11.7. The molecule has 2 nitrogen and oxygen atoms in total. The SMILES string of the molecule is O=C(Nc1ccccc1)C1=CC=CSC1. The molecule has 0 saturated heterocycles. The Labute approximate surface area is 93.1 Å². The zero-order valence-electron chi connectivity index (χ0n) is 8.14. The second kappa shape index (κ2) is 4.84. The lowest BCUT2D eigenvalue weighted by Gasteiger charge is -2.09. The first kappa shape index (κ1) is 10.1. The third-order valence-corrected chi connectivity index (χ3v) is 2.86. The molecule has 0 aromatic heterocycles. The van der Waals surface area contributed by atoms with Gasteiger partial charge in [0.15, 0.2) is 0 Å². The molecule has 1 amide bonds. The van der Waals surface area contributed by atoms with Crippen LogP contribution in [0, 0.1) is 0 Å². The molecule has 3 heteroatoms. The average molecular weight is 217 g/mol. The quantitative estimate of drug-likeness (QED) is 0.825. The Morgan fingerprint density at radius 1 is 1.27 bits per heavy atom. The van der Waals surface area contributed by atoms with Gasteiger partial charge in [-0.15, -0.1) is 11.8 Å². The maximum absolute atomic E-state index is 11.7. The van der Waals surface area contributed by atoms with Crippen molar-refractivity contribution >= 4 is 23.4 Å². The van der Waals surface area contributed by atoms with E-state index >= 15 is 0 Å². The minimum Gasteiger partial charge on any atom is -0.322 e. The van der Waals surface area contributed by atoms with Crippen molar-refractivity contribution in [3.05, 3.63) is 53.5 Å². The van der Waals surface area contributed by atoms with Crippen LogP contribution in [0.3, 0.4) is 0 Å². The first-order chi connectivity index (χ1) is 7.36. The van der Waals surface area contributed by atoms with Crippen molar-refractivity contribution < 1.29 is 4.79 Å². The van der Waals surface area contributed by atoms with Crippen LogP contribution >= 0.6 is 11.8 Å². The number of thioether (sulfide) groups is 1. The first-order valence-corrected chi connectivity index (χ1v) is 5.75. The Balaban J connectivity index is 2.04. The van der Waals surface area contributed by atoms with Gasteiger partial charge in [0.25, 0.3) is 5.91 Å². The number of para-hydroxylation sites is 1. The van der Waals surface area contributed by atoms with E-state index in [1.165, 1.54) is 0 Å². The molecule has 1 aromatic rings. The summed E-state index contributed by atoms with van der Waals surface area (Å²) >= 11 is 1.63. The van der Waals surface area contributed by atoms with Crippen molar-refractivity contribution in [2.75, 3.05) is 11.1 Å². The van der Waals surface area contributed by atoms with E-state index in [-0.39, 0.29) is 5.91 Å². The molecule has 1 heterocycles. The summed E-state index contributed by atoms with van der Waals surface area (Å²) in [7, 11) is 0. The van der Waals surface area contributed by atoms with Crippen LogP contribution in [0.25, 0.3) is 0 Å². The number of nitrogens with one attached hydrogen (secondary N) is 1. The predicted molar refractivity (Wildman–Crippen MR) is 64.8 cm³/mol. The second-order valence-electron chi connectivity index (χ2n) is 3.15. The van der Waals surface area contributed by atoms with Crippen LogP contribution in [-0.4, -0.2) is 11.7 Å². The number of hydrogen-bond donors (Lipinski definition) is 1. The molecule has 15 heavy (non-hydrogen) atoms. The van der Waals surface area contributed by atoms with Gasteiger partial charge < -0.3 is 5.32 Å². The fourth-order valence-corrected chi connectivity index (χ4v) is 1.96. The Kier molecular flexibility index (Phi) is 3.25. The Morgan fingerprint density at radius 3 is 2.73 bits per heavy atom. The summed E-state index contributed by atoms with van der Waals surface area (Å²) in [5.74, 6) is 0.730. The molecule has 1 aliphatic heterocycles. The van der Waals surface area contributed by atoms with Crippen molar-refractivity contribution in [3.8, 4) is 0 Å². The van der Waals surface area contributed by atoms with Gasteiger partial charge >= 0.3 is 0 Å². The Bertz CT molecular complexity index is 409. The summed E-state index contributed by atoms with van der Waals surface area (Å²) < 4.78 is 0. The van der Waals surface area contributed by atoms with Crippen molar-refractivity contribution in [1.82, 2.24) is 0 Å². The first-order valence-electron chi connectivity index (χ1n) is 4.70. The fraction of sp³-hybridized carbons (Fsp3) is 0.0833. The molecule has 2 rings (SSSR count). The summed E-state index contributed by atoms with van der Waals surface area (Å²) in [6, 6.07) is 9.49. The molecule has 0 spiro atoms. The van der Waals surface area contributed by atoms with Gasteiger partial charge in [0, 0.05) is 17.0 Å². The molecule has 76 valence electrons. The molecule has 0 bridgehead atoms. The highest BCUT2D eigenvalue weighted by Crippen LogP contribution is 2.16. The largest absolute Gasteiger partial charge is 0.322 e. The molecule has 0 atom stereocenters. The van der Waals surface area contributed by atoms with Crippen LogP contribution in [0.1, 0.15) is 0 Å². The zero-order valence-corrected chi connectivity index (χ0v) is 8.96. The van der Waals surface area contributed by atoms with E-state index in [0.29, 0.717) is 0 Å². The van der Waals surface area contributed by atoms with E-state index in [1.807, 2.05) is 47.9 Å². The van der Waals surface area contributed by atoms with Crippen molar-refractivity contribution in [2.45, 2.75) is 0 Å². The number of carbonyl (C=O) groups excluding carboxylic acids is 1. The molecule has 1 aliphatic rings.